The molecule has 0 saturated carbocycles. The minimum atomic E-state index is -0.716. The Labute approximate surface area is 151 Å². The van der Waals surface area contributed by atoms with Crippen LogP contribution in [-0.2, 0) is 9.53 Å². The summed E-state index contributed by atoms with van der Waals surface area (Å²) in [5.41, 5.74) is 1.39. The van der Waals surface area contributed by atoms with E-state index >= 15 is 0 Å². The Morgan fingerprint density at radius 1 is 1.26 bits per heavy atom. The number of carbonyl (C=O) groups is 1. The van der Waals surface area contributed by atoms with Gasteiger partial charge >= 0.3 is 0 Å². The van der Waals surface area contributed by atoms with Crippen molar-refractivity contribution in [3.05, 3.63) is 68.1 Å². The molecule has 2 aromatic carbocycles. The monoisotopic (exact) mass is 412 g/mol. The minimum Gasteiger partial charge on any atom is -0.446 e. The van der Waals surface area contributed by atoms with Crippen LogP contribution in [0.1, 0.15) is 24.3 Å². The second-order valence-corrected chi connectivity index (χ2v) is 6.67. The van der Waals surface area contributed by atoms with E-state index in [-0.39, 0.29) is 5.91 Å². The molecule has 0 bridgehead atoms. The third kappa shape index (κ3) is 3.37. The van der Waals surface area contributed by atoms with Crippen LogP contribution in [0.25, 0.3) is 0 Å². The average molecular weight is 414 g/mol. The molecule has 0 unspecified atom stereocenters. The molecule has 1 atom stereocenters. The Bertz CT molecular complexity index is 810. The van der Waals surface area contributed by atoms with Gasteiger partial charge in [0.1, 0.15) is 0 Å². The van der Waals surface area contributed by atoms with Crippen LogP contribution in [0.4, 0.5) is 0 Å². The Balaban J connectivity index is 1.99. The molecule has 23 heavy (non-hydrogen) atoms. The first-order valence-corrected chi connectivity index (χ1v) is 8.26. The quantitative estimate of drug-likeness (QED) is 0.695. The Morgan fingerprint density at radius 2 is 2.04 bits per heavy atom. The maximum atomic E-state index is 11.9. The van der Waals surface area contributed by atoms with Gasteiger partial charge in [-0.05, 0) is 30.3 Å². The number of halogens is 3. The van der Waals surface area contributed by atoms with Crippen molar-refractivity contribution in [3.8, 4) is 0 Å². The fourth-order valence-electron chi connectivity index (χ4n) is 2.21. The van der Waals surface area contributed by atoms with Gasteiger partial charge in [-0.15, -0.1) is 5.10 Å². The van der Waals surface area contributed by atoms with Crippen molar-refractivity contribution in [3.63, 3.8) is 0 Å². The fourth-order valence-corrected chi connectivity index (χ4v) is 3.11. The highest BCUT2D eigenvalue weighted by atomic mass is 79.9. The van der Waals surface area contributed by atoms with Gasteiger partial charge < -0.3 is 4.74 Å². The van der Waals surface area contributed by atoms with Crippen LogP contribution < -0.4 is 0 Å². The molecule has 0 fully saturated rings. The van der Waals surface area contributed by atoms with Gasteiger partial charge in [-0.2, -0.15) is 5.01 Å². The number of hydrogen-bond acceptors (Lipinski definition) is 3. The van der Waals surface area contributed by atoms with Crippen molar-refractivity contribution in [2.45, 2.75) is 13.2 Å². The van der Waals surface area contributed by atoms with Crippen LogP contribution in [0.3, 0.4) is 0 Å². The zero-order chi connectivity index (χ0) is 16.6. The van der Waals surface area contributed by atoms with E-state index in [2.05, 4.69) is 21.0 Å². The van der Waals surface area contributed by atoms with Gasteiger partial charge in [-0.3, -0.25) is 4.79 Å². The predicted molar refractivity (Wildman–Crippen MR) is 93.5 cm³/mol. The Kier molecular flexibility index (Phi) is 4.62. The second kappa shape index (κ2) is 6.51. The van der Waals surface area contributed by atoms with E-state index in [0.717, 1.165) is 10.0 Å². The third-order valence-corrected chi connectivity index (χ3v) is 4.32. The van der Waals surface area contributed by atoms with Gasteiger partial charge in [0, 0.05) is 27.5 Å². The molecule has 3 rings (SSSR count). The maximum Gasteiger partial charge on any atom is 0.243 e. The molecule has 4 nitrogen and oxygen atoms in total. The number of hydrazone groups is 1. The summed E-state index contributed by atoms with van der Waals surface area (Å²) < 4.78 is 6.78. The Morgan fingerprint density at radius 3 is 2.70 bits per heavy atom. The van der Waals surface area contributed by atoms with Crippen LogP contribution in [-0.4, -0.2) is 16.8 Å². The van der Waals surface area contributed by atoms with Crippen LogP contribution in [0.2, 0.25) is 10.0 Å². The number of carbonyl (C=O) groups excluding carboxylic acids is 1. The smallest absolute Gasteiger partial charge is 0.243 e. The lowest BCUT2D eigenvalue weighted by Gasteiger charge is -2.20. The number of amides is 1. The number of nitrogens with zero attached hydrogens (tertiary/aromatic N) is 2. The van der Waals surface area contributed by atoms with E-state index in [1.165, 1.54) is 11.9 Å². The molecule has 7 heteroatoms. The van der Waals surface area contributed by atoms with Crippen molar-refractivity contribution in [2.24, 2.45) is 5.10 Å². The lowest BCUT2D eigenvalue weighted by Crippen LogP contribution is -2.25. The van der Waals surface area contributed by atoms with E-state index < -0.39 is 6.23 Å². The SMILES string of the molecule is CC(=O)N1N=C(c2cccc(Br)c2)O[C@@H]1c1ccc(Cl)cc1Cl. The summed E-state index contributed by atoms with van der Waals surface area (Å²) >= 11 is 15.6. The van der Waals surface area contributed by atoms with Gasteiger partial charge in [0.15, 0.2) is 0 Å². The summed E-state index contributed by atoms with van der Waals surface area (Å²) in [6.07, 6.45) is -0.716. The molecule has 1 aliphatic heterocycles. The third-order valence-electron chi connectivity index (χ3n) is 3.27. The number of rotatable bonds is 2. The lowest BCUT2D eigenvalue weighted by molar-refractivity contribution is -0.135. The van der Waals surface area contributed by atoms with E-state index in [4.69, 9.17) is 27.9 Å². The van der Waals surface area contributed by atoms with Gasteiger partial charge in [0.05, 0.1) is 5.02 Å². The molecule has 118 valence electrons. The molecular formula is C16H11BrCl2N2O2. The second-order valence-electron chi connectivity index (χ2n) is 4.92. The number of hydrogen-bond donors (Lipinski definition) is 0. The van der Waals surface area contributed by atoms with Crippen LogP contribution in [0, 0.1) is 0 Å². The first-order chi connectivity index (χ1) is 11.0. The van der Waals surface area contributed by atoms with E-state index in [1.54, 1.807) is 18.2 Å². The van der Waals surface area contributed by atoms with Gasteiger partial charge in [-0.25, -0.2) is 0 Å². The van der Waals surface area contributed by atoms with E-state index in [9.17, 15) is 4.79 Å². The number of benzene rings is 2. The minimum absolute atomic E-state index is 0.244. The van der Waals surface area contributed by atoms with Crippen LogP contribution in [0.15, 0.2) is 52.0 Å². The van der Waals surface area contributed by atoms with Gasteiger partial charge in [-0.1, -0.05) is 51.3 Å². The largest absolute Gasteiger partial charge is 0.446 e. The highest BCUT2D eigenvalue weighted by molar-refractivity contribution is 9.10. The molecular weight excluding hydrogens is 403 g/mol. The lowest BCUT2D eigenvalue weighted by atomic mass is 10.2. The zero-order valence-corrected chi connectivity index (χ0v) is 15.1. The standard InChI is InChI=1S/C16H11BrCl2N2O2/c1-9(22)21-16(13-6-5-12(18)8-14(13)19)23-15(20-21)10-3-2-4-11(17)7-10/h2-8,16H,1H3/t16-/m1/s1. The van der Waals surface area contributed by atoms with Crippen molar-refractivity contribution >= 4 is 50.9 Å². The van der Waals surface area contributed by atoms with Gasteiger partial charge in [0.2, 0.25) is 18.0 Å². The summed E-state index contributed by atoms with van der Waals surface area (Å²) in [4.78, 5) is 11.9. The summed E-state index contributed by atoms with van der Waals surface area (Å²) in [6, 6.07) is 12.5. The predicted octanol–water partition coefficient (Wildman–Crippen LogP) is 5.00. The summed E-state index contributed by atoms with van der Waals surface area (Å²) in [5.74, 6) is 0.114. The molecule has 0 aliphatic carbocycles. The maximum absolute atomic E-state index is 11.9. The van der Waals surface area contributed by atoms with E-state index in [1.807, 2.05) is 24.3 Å². The first-order valence-electron chi connectivity index (χ1n) is 6.71. The van der Waals surface area contributed by atoms with Crippen molar-refractivity contribution in [1.82, 2.24) is 5.01 Å². The molecule has 0 saturated heterocycles. The average Bonchev–Trinajstić information content (AvgIpc) is 2.92. The fraction of sp³-hybridized carbons (Fsp3) is 0.125. The molecule has 1 aliphatic rings. The topological polar surface area (TPSA) is 41.9 Å². The molecule has 2 aromatic rings. The van der Waals surface area contributed by atoms with Crippen molar-refractivity contribution in [1.29, 1.82) is 0 Å². The normalized spacial score (nSPS) is 17.0. The molecule has 0 N–H and O–H groups in total. The summed E-state index contributed by atoms with van der Waals surface area (Å²) in [7, 11) is 0. The Hall–Kier alpha value is -1.56. The van der Waals surface area contributed by atoms with E-state index in [0.29, 0.717) is 21.5 Å². The highest BCUT2D eigenvalue weighted by Crippen LogP contribution is 2.35. The van der Waals surface area contributed by atoms with Crippen molar-refractivity contribution in [2.75, 3.05) is 0 Å². The molecule has 1 amide bonds. The molecule has 1 heterocycles. The highest BCUT2D eigenvalue weighted by Gasteiger charge is 2.34. The molecule has 0 spiro atoms. The van der Waals surface area contributed by atoms with Crippen molar-refractivity contribution < 1.29 is 9.53 Å². The molecule has 0 radical (unpaired) electrons. The molecule has 0 aromatic heterocycles. The van der Waals surface area contributed by atoms with Gasteiger partial charge in [0.25, 0.3) is 0 Å². The summed E-state index contributed by atoms with van der Waals surface area (Å²) in [6.45, 7) is 1.42. The summed E-state index contributed by atoms with van der Waals surface area (Å²) in [5, 5.41) is 6.48. The van der Waals surface area contributed by atoms with Crippen LogP contribution in [0.5, 0.6) is 0 Å². The van der Waals surface area contributed by atoms with Crippen LogP contribution >= 0.6 is 39.1 Å². The zero-order valence-electron chi connectivity index (χ0n) is 12.0. The number of ether oxygens (including phenoxy) is 1. The first kappa shape index (κ1) is 16.3.